The van der Waals surface area contributed by atoms with E-state index in [1.165, 1.54) is 30.6 Å². The van der Waals surface area contributed by atoms with Gasteiger partial charge in [-0.05, 0) is 37.8 Å². The number of hydrogen-bond acceptors (Lipinski definition) is 2. The van der Waals surface area contributed by atoms with Gasteiger partial charge in [0.05, 0.1) is 0 Å². The molecule has 1 aliphatic rings. The Morgan fingerprint density at radius 2 is 2.21 bits per heavy atom. The molecule has 14 heavy (non-hydrogen) atoms. The molecule has 1 aromatic heterocycles. The molecule has 1 N–H and O–H groups in total. The van der Waals surface area contributed by atoms with Gasteiger partial charge in [-0.1, -0.05) is 13.8 Å². The van der Waals surface area contributed by atoms with Gasteiger partial charge < -0.3 is 5.32 Å². The SMILES string of the molecule is CCc1cc(NC2(CC)CC2)ccn1. The molecule has 0 unspecified atom stereocenters. The van der Waals surface area contributed by atoms with Crippen LogP contribution in [0.3, 0.4) is 0 Å². The second-order valence-electron chi connectivity index (χ2n) is 4.15. The fourth-order valence-electron chi connectivity index (χ4n) is 1.77. The van der Waals surface area contributed by atoms with Gasteiger partial charge in [-0.2, -0.15) is 0 Å². The van der Waals surface area contributed by atoms with E-state index in [9.17, 15) is 0 Å². The van der Waals surface area contributed by atoms with Crippen LogP contribution in [0.2, 0.25) is 0 Å². The Morgan fingerprint density at radius 1 is 1.43 bits per heavy atom. The summed E-state index contributed by atoms with van der Waals surface area (Å²) in [5.41, 5.74) is 2.81. The standard InChI is InChI=1S/C12H18N2/c1-3-10-9-11(5-8-13-10)14-12(4-2)6-7-12/h5,8-9H,3-4,6-7H2,1-2H3,(H,13,14). The van der Waals surface area contributed by atoms with E-state index in [0.29, 0.717) is 5.54 Å². The number of rotatable bonds is 4. The molecule has 2 rings (SSSR count). The van der Waals surface area contributed by atoms with Crippen molar-refractivity contribution in [3.05, 3.63) is 24.0 Å². The molecular weight excluding hydrogens is 172 g/mol. The highest BCUT2D eigenvalue weighted by atomic mass is 15.0. The van der Waals surface area contributed by atoms with Crippen LogP contribution in [0.4, 0.5) is 5.69 Å². The third-order valence-electron chi connectivity index (χ3n) is 3.12. The Hall–Kier alpha value is -1.05. The predicted octanol–water partition coefficient (Wildman–Crippen LogP) is 3.00. The lowest BCUT2D eigenvalue weighted by Gasteiger charge is -2.16. The molecule has 1 saturated carbocycles. The van der Waals surface area contributed by atoms with Crippen LogP contribution in [0.5, 0.6) is 0 Å². The first kappa shape index (κ1) is 9.50. The number of anilines is 1. The summed E-state index contributed by atoms with van der Waals surface area (Å²) in [5, 5.41) is 3.61. The van der Waals surface area contributed by atoms with E-state index < -0.39 is 0 Å². The quantitative estimate of drug-likeness (QED) is 0.789. The Balaban J connectivity index is 2.09. The van der Waals surface area contributed by atoms with Crippen LogP contribution in [0.15, 0.2) is 18.3 Å². The minimum Gasteiger partial charge on any atom is -0.380 e. The lowest BCUT2D eigenvalue weighted by atomic mass is 10.2. The van der Waals surface area contributed by atoms with Gasteiger partial charge in [0.25, 0.3) is 0 Å². The van der Waals surface area contributed by atoms with Gasteiger partial charge in [0, 0.05) is 23.1 Å². The van der Waals surface area contributed by atoms with Crippen LogP contribution in [-0.4, -0.2) is 10.5 Å². The van der Waals surface area contributed by atoms with Crippen molar-refractivity contribution in [2.45, 2.75) is 45.1 Å². The molecule has 0 spiro atoms. The molecule has 0 atom stereocenters. The zero-order valence-corrected chi connectivity index (χ0v) is 9.01. The van der Waals surface area contributed by atoms with Crippen LogP contribution in [0, 0.1) is 0 Å². The summed E-state index contributed by atoms with van der Waals surface area (Å²) in [7, 11) is 0. The van der Waals surface area contributed by atoms with E-state index >= 15 is 0 Å². The first-order valence-electron chi connectivity index (χ1n) is 5.51. The first-order valence-corrected chi connectivity index (χ1v) is 5.51. The maximum Gasteiger partial charge on any atom is 0.0421 e. The number of nitrogens with zero attached hydrogens (tertiary/aromatic N) is 1. The summed E-state index contributed by atoms with van der Waals surface area (Å²) in [6.07, 6.45) is 6.75. The first-order chi connectivity index (χ1) is 6.78. The van der Waals surface area contributed by atoms with Gasteiger partial charge in [0.2, 0.25) is 0 Å². The second kappa shape index (κ2) is 3.60. The van der Waals surface area contributed by atoms with Crippen molar-refractivity contribution in [3.8, 4) is 0 Å². The van der Waals surface area contributed by atoms with Crippen LogP contribution in [-0.2, 0) is 6.42 Å². The Kier molecular flexibility index (Phi) is 2.44. The summed E-state index contributed by atoms with van der Waals surface area (Å²) in [6, 6.07) is 4.23. The highest BCUT2D eigenvalue weighted by Gasteiger charge is 2.40. The molecule has 0 saturated heterocycles. The lowest BCUT2D eigenvalue weighted by molar-refractivity contribution is 0.701. The molecule has 2 heteroatoms. The third-order valence-corrected chi connectivity index (χ3v) is 3.12. The van der Waals surface area contributed by atoms with Crippen molar-refractivity contribution in [1.82, 2.24) is 4.98 Å². The van der Waals surface area contributed by atoms with Gasteiger partial charge in [0.15, 0.2) is 0 Å². The topological polar surface area (TPSA) is 24.9 Å². The summed E-state index contributed by atoms with van der Waals surface area (Å²) in [6.45, 7) is 4.39. The van der Waals surface area contributed by atoms with E-state index in [1.54, 1.807) is 0 Å². The number of aryl methyl sites for hydroxylation is 1. The summed E-state index contributed by atoms with van der Waals surface area (Å²) >= 11 is 0. The molecule has 0 amide bonds. The fraction of sp³-hybridized carbons (Fsp3) is 0.583. The molecule has 76 valence electrons. The molecule has 1 fully saturated rings. The van der Waals surface area contributed by atoms with Crippen LogP contribution < -0.4 is 5.32 Å². The Labute approximate surface area is 85.7 Å². The average Bonchev–Trinajstić information content (AvgIpc) is 2.99. The zero-order valence-electron chi connectivity index (χ0n) is 9.01. The summed E-state index contributed by atoms with van der Waals surface area (Å²) in [4.78, 5) is 4.29. The number of pyridine rings is 1. The third kappa shape index (κ3) is 1.89. The van der Waals surface area contributed by atoms with Gasteiger partial charge in [-0.3, -0.25) is 4.98 Å². The smallest absolute Gasteiger partial charge is 0.0421 e. The monoisotopic (exact) mass is 190 g/mol. The Morgan fingerprint density at radius 3 is 2.79 bits per heavy atom. The second-order valence-corrected chi connectivity index (χ2v) is 4.15. The van der Waals surface area contributed by atoms with Crippen molar-refractivity contribution in [3.63, 3.8) is 0 Å². The van der Waals surface area contributed by atoms with Gasteiger partial charge >= 0.3 is 0 Å². The van der Waals surface area contributed by atoms with Gasteiger partial charge in [-0.25, -0.2) is 0 Å². The van der Waals surface area contributed by atoms with Gasteiger partial charge in [-0.15, -0.1) is 0 Å². The van der Waals surface area contributed by atoms with Crippen molar-refractivity contribution >= 4 is 5.69 Å². The minimum atomic E-state index is 0.409. The summed E-state index contributed by atoms with van der Waals surface area (Å²) in [5.74, 6) is 0. The molecule has 0 bridgehead atoms. The predicted molar refractivity (Wildman–Crippen MR) is 59.5 cm³/mol. The van der Waals surface area contributed by atoms with Crippen LogP contribution >= 0.6 is 0 Å². The van der Waals surface area contributed by atoms with E-state index in [-0.39, 0.29) is 0 Å². The van der Waals surface area contributed by atoms with E-state index in [0.717, 1.165) is 6.42 Å². The maximum atomic E-state index is 4.29. The average molecular weight is 190 g/mol. The van der Waals surface area contributed by atoms with Crippen molar-refractivity contribution < 1.29 is 0 Å². The van der Waals surface area contributed by atoms with Crippen molar-refractivity contribution in [2.75, 3.05) is 5.32 Å². The van der Waals surface area contributed by atoms with Crippen LogP contribution in [0.25, 0.3) is 0 Å². The highest BCUT2D eigenvalue weighted by Crippen LogP contribution is 2.41. The number of nitrogens with one attached hydrogen (secondary N) is 1. The largest absolute Gasteiger partial charge is 0.380 e. The zero-order chi connectivity index (χ0) is 10.0. The Bertz CT molecular complexity index is 316. The molecule has 0 aliphatic heterocycles. The van der Waals surface area contributed by atoms with E-state index in [4.69, 9.17) is 0 Å². The molecule has 0 aromatic carbocycles. The van der Waals surface area contributed by atoms with Gasteiger partial charge in [0.1, 0.15) is 0 Å². The highest BCUT2D eigenvalue weighted by molar-refractivity contribution is 5.47. The molecule has 0 radical (unpaired) electrons. The van der Waals surface area contributed by atoms with Crippen molar-refractivity contribution in [1.29, 1.82) is 0 Å². The van der Waals surface area contributed by atoms with Crippen molar-refractivity contribution in [2.24, 2.45) is 0 Å². The number of hydrogen-bond donors (Lipinski definition) is 1. The van der Waals surface area contributed by atoms with E-state index in [1.807, 2.05) is 6.20 Å². The van der Waals surface area contributed by atoms with E-state index in [2.05, 4.69) is 36.3 Å². The number of aromatic nitrogens is 1. The molecule has 2 nitrogen and oxygen atoms in total. The molecular formula is C12H18N2. The fourth-order valence-corrected chi connectivity index (χ4v) is 1.77. The lowest BCUT2D eigenvalue weighted by Crippen LogP contribution is -2.19. The normalized spacial score (nSPS) is 17.9. The van der Waals surface area contributed by atoms with Crippen LogP contribution in [0.1, 0.15) is 38.8 Å². The summed E-state index contributed by atoms with van der Waals surface area (Å²) < 4.78 is 0. The maximum absolute atomic E-state index is 4.29. The molecule has 1 heterocycles. The minimum absolute atomic E-state index is 0.409. The molecule has 1 aromatic rings. The molecule has 1 aliphatic carbocycles.